The Kier molecular flexibility index (Phi) is 3.57. The summed E-state index contributed by atoms with van der Waals surface area (Å²) in [5.41, 5.74) is 4.47. The van der Waals surface area contributed by atoms with Gasteiger partial charge in [-0.05, 0) is 47.2 Å². The number of aliphatic hydroxyl groups excluding tert-OH is 1. The lowest BCUT2D eigenvalue weighted by atomic mass is 9.85. The van der Waals surface area contributed by atoms with Crippen LogP contribution in [0.2, 0.25) is 0 Å². The van der Waals surface area contributed by atoms with Crippen molar-refractivity contribution in [3.8, 4) is 5.75 Å². The van der Waals surface area contributed by atoms with E-state index in [4.69, 9.17) is 4.74 Å². The normalized spacial score (nSPS) is 19.7. The standard InChI is InChI=1S/C18H18O2/c1-20-16-10-6-13(7-11-16)12-15-9-8-14-4-2-3-5-17(14)18(15)19/h2-7,10-12,18-19H,8-9H2,1H3/b15-12-. The van der Waals surface area contributed by atoms with Crippen molar-refractivity contribution in [3.63, 3.8) is 0 Å². The highest BCUT2D eigenvalue weighted by Gasteiger charge is 2.21. The van der Waals surface area contributed by atoms with Crippen LogP contribution in [-0.2, 0) is 6.42 Å². The first-order chi connectivity index (χ1) is 9.78. The summed E-state index contributed by atoms with van der Waals surface area (Å²) in [6.45, 7) is 0. The Balaban J connectivity index is 1.89. The van der Waals surface area contributed by atoms with Gasteiger partial charge in [-0.3, -0.25) is 0 Å². The summed E-state index contributed by atoms with van der Waals surface area (Å²) in [7, 11) is 1.66. The van der Waals surface area contributed by atoms with Crippen molar-refractivity contribution < 1.29 is 9.84 Å². The van der Waals surface area contributed by atoms with Gasteiger partial charge in [0.25, 0.3) is 0 Å². The lowest BCUT2D eigenvalue weighted by Gasteiger charge is -2.24. The van der Waals surface area contributed by atoms with Crippen LogP contribution in [0.4, 0.5) is 0 Å². The smallest absolute Gasteiger partial charge is 0.118 e. The van der Waals surface area contributed by atoms with E-state index in [1.807, 2.05) is 42.5 Å². The van der Waals surface area contributed by atoms with E-state index in [2.05, 4.69) is 12.1 Å². The molecule has 0 heterocycles. The molecule has 0 amide bonds. The first kappa shape index (κ1) is 12.9. The third kappa shape index (κ3) is 2.47. The van der Waals surface area contributed by atoms with Gasteiger partial charge in [0.05, 0.1) is 7.11 Å². The van der Waals surface area contributed by atoms with Gasteiger partial charge >= 0.3 is 0 Å². The Labute approximate surface area is 119 Å². The molecule has 0 saturated heterocycles. The number of fused-ring (bicyclic) bond motifs is 1. The molecule has 2 heteroatoms. The van der Waals surface area contributed by atoms with E-state index >= 15 is 0 Å². The highest BCUT2D eigenvalue weighted by molar-refractivity contribution is 5.57. The van der Waals surface area contributed by atoms with Gasteiger partial charge in [-0.25, -0.2) is 0 Å². The predicted molar refractivity (Wildman–Crippen MR) is 80.7 cm³/mol. The SMILES string of the molecule is COc1ccc(/C=C2/CCc3ccccc3C2O)cc1. The van der Waals surface area contributed by atoms with Crippen LogP contribution in [0.3, 0.4) is 0 Å². The second kappa shape index (κ2) is 5.51. The van der Waals surface area contributed by atoms with Crippen LogP contribution in [0.15, 0.2) is 54.1 Å². The van der Waals surface area contributed by atoms with Crippen LogP contribution in [0.5, 0.6) is 5.75 Å². The first-order valence-electron chi connectivity index (χ1n) is 6.88. The van der Waals surface area contributed by atoms with E-state index in [0.29, 0.717) is 0 Å². The zero-order valence-electron chi connectivity index (χ0n) is 11.5. The lowest BCUT2D eigenvalue weighted by molar-refractivity contribution is 0.206. The van der Waals surface area contributed by atoms with Crippen LogP contribution in [0.1, 0.15) is 29.2 Å². The maximum Gasteiger partial charge on any atom is 0.118 e. The summed E-state index contributed by atoms with van der Waals surface area (Å²) in [6.07, 6.45) is 3.50. The summed E-state index contributed by atoms with van der Waals surface area (Å²) in [5, 5.41) is 10.5. The molecule has 2 nitrogen and oxygen atoms in total. The molecule has 2 aromatic rings. The van der Waals surface area contributed by atoms with Crippen LogP contribution < -0.4 is 4.74 Å². The fourth-order valence-electron chi connectivity index (χ4n) is 2.71. The average Bonchev–Trinajstić information content (AvgIpc) is 2.51. The number of aryl methyl sites for hydroxylation is 1. The van der Waals surface area contributed by atoms with E-state index in [1.165, 1.54) is 5.56 Å². The molecule has 1 aliphatic rings. The zero-order valence-corrected chi connectivity index (χ0v) is 11.5. The fourth-order valence-corrected chi connectivity index (χ4v) is 2.71. The molecule has 102 valence electrons. The molecule has 2 aromatic carbocycles. The quantitative estimate of drug-likeness (QED) is 0.896. The monoisotopic (exact) mass is 266 g/mol. The number of hydrogen-bond donors (Lipinski definition) is 1. The third-order valence-corrected chi connectivity index (χ3v) is 3.85. The molecule has 1 atom stereocenters. The summed E-state index contributed by atoms with van der Waals surface area (Å²) >= 11 is 0. The number of hydrogen-bond acceptors (Lipinski definition) is 2. The summed E-state index contributed by atoms with van der Waals surface area (Å²) in [5.74, 6) is 0.849. The fraction of sp³-hybridized carbons (Fsp3) is 0.222. The van der Waals surface area contributed by atoms with Crippen molar-refractivity contribution in [1.82, 2.24) is 0 Å². The average molecular weight is 266 g/mol. The summed E-state index contributed by atoms with van der Waals surface area (Å²) in [4.78, 5) is 0. The number of aliphatic hydroxyl groups is 1. The number of ether oxygens (including phenoxy) is 1. The minimum absolute atomic E-state index is 0.484. The van der Waals surface area contributed by atoms with Crippen molar-refractivity contribution in [2.45, 2.75) is 18.9 Å². The van der Waals surface area contributed by atoms with Gasteiger partial charge in [-0.1, -0.05) is 42.5 Å². The van der Waals surface area contributed by atoms with Gasteiger partial charge in [0.1, 0.15) is 11.9 Å². The highest BCUT2D eigenvalue weighted by atomic mass is 16.5. The molecule has 0 aromatic heterocycles. The molecule has 1 aliphatic carbocycles. The maximum absolute atomic E-state index is 10.5. The summed E-state index contributed by atoms with van der Waals surface area (Å²) in [6, 6.07) is 16.0. The minimum atomic E-state index is -0.484. The van der Waals surface area contributed by atoms with E-state index in [9.17, 15) is 5.11 Å². The van der Waals surface area contributed by atoms with Crippen molar-refractivity contribution in [2.24, 2.45) is 0 Å². The number of methoxy groups -OCH3 is 1. The van der Waals surface area contributed by atoms with Crippen LogP contribution in [0.25, 0.3) is 6.08 Å². The van der Waals surface area contributed by atoms with E-state index in [-0.39, 0.29) is 0 Å². The zero-order chi connectivity index (χ0) is 13.9. The molecular weight excluding hydrogens is 248 g/mol. The largest absolute Gasteiger partial charge is 0.497 e. The second-order valence-corrected chi connectivity index (χ2v) is 5.09. The van der Waals surface area contributed by atoms with Gasteiger partial charge in [0.15, 0.2) is 0 Å². The van der Waals surface area contributed by atoms with E-state index in [1.54, 1.807) is 7.11 Å². The van der Waals surface area contributed by atoms with Gasteiger partial charge in [-0.2, -0.15) is 0 Å². The molecule has 0 bridgehead atoms. The van der Waals surface area contributed by atoms with Crippen molar-refractivity contribution in [3.05, 3.63) is 70.8 Å². The molecule has 1 unspecified atom stereocenters. The second-order valence-electron chi connectivity index (χ2n) is 5.09. The Morgan fingerprint density at radius 1 is 1.05 bits per heavy atom. The van der Waals surface area contributed by atoms with Gasteiger partial charge in [0, 0.05) is 0 Å². The van der Waals surface area contributed by atoms with Crippen LogP contribution in [0, 0.1) is 0 Å². The molecule has 0 fully saturated rings. The molecular formula is C18H18O2. The third-order valence-electron chi connectivity index (χ3n) is 3.85. The van der Waals surface area contributed by atoms with Gasteiger partial charge in [-0.15, -0.1) is 0 Å². The first-order valence-corrected chi connectivity index (χ1v) is 6.88. The molecule has 0 saturated carbocycles. The van der Waals surface area contributed by atoms with Crippen LogP contribution in [-0.4, -0.2) is 12.2 Å². The Hall–Kier alpha value is -2.06. The molecule has 0 aliphatic heterocycles. The van der Waals surface area contributed by atoms with Gasteiger partial charge < -0.3 is 9.84 Å². The Morgan fingerprint density at radius 2 is 1.80 bits per heavy atom. The van der Waals surface area contributed by atoms with Crippen molar-refractivity contribution in [2.75, 3.05) is 7.11 Å². The molecule has 3 rings (SSSR count). The van der Waals surface area contributed by atoms with Crippen molar-refractivity contribution in [1.29, 1.82) is 0 Å². The predicted octanol–water partition coefficient (Wildman–Crippen LogP) is 3.76. The molecule has 20 heavy (non-hydrogen) atoms. The molecule has 0 spiro atoms. The number of benzene rings is 2. The topological polar surface area (TPSA) is 29.5 Å². The molecule has 0 radical (unpaired) electrons. The minimum Gasteiger partial charge on any atom is -0.497 e. The Morgan fingerprint density at radius 3 is 2.55 bits per heavy atom. The van der Waals surface area contributed by atoms with Crippen molar-refractivity contribution >= 4 is 6.08 Å². The highest BCUT2D eigenvalue weighted by Crippen LogP contribution is 2.34. The van der Waals surface area contributed by atoms with Crippen LogP contribution >= 0.6 is 0 Å². The van der Waals surface area contributed by atoms with Gasteiger partial charge in [0.2, 0.25) is 0 Å². The maximum atomic E-state index is 10.5. The van der Waals surface area contributed by atoms with E-state index in [0.717, 1.165) is 35.3 Å². The lowest BCUT2D eigenvalue weighted by Crippen LogP contribution is -2.11. The van der Waals surface area contributed by atoms with E-state index < -0.39 is 6.10 Å². The number of rotatable bonds is 2. The Bertz CT molecular complexity index is 626. The summed E-state index contributed by atoms with van der Waals surface area (Å²) < 4.78 is 5.16. The molecule has 1 N–H and O–H groups in total.